The van der Waals surface area contributed by atoms with Crippen LogP contribution in [0.2, 0.25) is 0 Å². The van der Waals surface area contributed by atoms with Crippen molar-refractivity contribution in [1.82, 2.24) is 5.32 Å². The van der Waals surface area contributed by atoms with Gasteiger partial charge in [-0.25, -0.2) is 0 Å². The fourth-order valence-corrected chi connectivity index (χ4v) is 4.43. The summed E-state index contributed by atoms with van der Waals surface area (Å²) in [7, 11) is 0. The standard InChI is InChI=1S/C24H45NO11/c1-3-5-6-7-8-9-11-33-23-17(25-16(28)10-4-2)22(19(30)15(13-27)34-23)36-24-21(32)20(31)18(29)14(12-26)35-24/h14-15,17-24,26-27,29-32H,3-13H2,1-2H3,(H,25,28)/t14-,15-,17-,18+,19-,20+,21-,22-,23-,24+/m1/s1. The van der Waals surface area contributed by atoms with E-state index in [-0.39, 0.29) is 12.3 Å². The van der Waals surface area contributed by atoms with Crippen molar-refractivity contribution in [3.63, 3.8) is 0 Å². The van der Waals surface area contributed by atoms with E-state index < -0.39 is 74.6 Å². The second-order valence-electron chi connectivity index (χ2n) is 9.50. The molecule has 0 saturated carbocycles. The van der Waals surface area contributed by atoms with Gasteiger partial charge in [0.25, 0.3) is 0 Å². The quantitative estimate of drug-likeness (QED) is 0.129. The highest BCUT2D eigenvalue weighted by molar-refractivity contribution is 5.76. The molecule has 212 valence electrons. The Hall–Kier alpha value is -0.930. The summed E-state index contributed by atoms with van der Waals surface area (Å²) >= 11 is 0. The van der Waals surface area contributed by atoms with Gasteiger partial charge in [0.1, 0.15) is 48.8 Å². The average molecular weight is 524 g/mol. The van der Waals surface area contributed by atoms with E-state index in [1.165, 1.54) is 6.42 Å². The molecule has 12 nitrogen and oxygen atoms in total. The Kier molecular flexibility index (Phi) is 14.0. The first-order chi connectivity index (χ1) is 17.3. The molecule has 10 atom stereocenters. The molecule has 7 N–H and O–H groups in total. The average Bonchev–Trinajstić information content (AvgIpc) is 2.86. The molecule has 0 radical (unpaired) electrons. The molecule has 2 fully saturated rings. The topological polar surface area (TPSA) is 187 Å². The van der Waals surface area contributed by atoms with Gasteiger partial charge in [-0.05, 0) is 12.8 Å². The minimum absolute atomic E-state index is 0.201. The van der Waals surface area contributed by atoms with Crippen LogP contribution in [-0.4, -0.2) is 118 Å². The third kappa shape index (κ3) is 8.55. The van der Waals surface area contributed by atoms with Crippen LogP contribution in [0.4, 0.5) is 0 Å². The number of nitrogens with one attached hydrogen (secondary N) is 1. The van der Waals surface area contributed by atoms with Crippen molar-refractivity contribution in [2.45, 2.75) is 127 Å². The smallest absolute Gasteiger partial charge is 0.220 e. The van der Waals surface area contributed by atoms with Crippen LogP contribution >= 0.6 is 0 Å². The molecule has 2 aliphatic rings. The van der Waals surface area contributed by atoms with Crippen LogP contribution in [-0.2, 0) is 23.7 Å². The zero-order chi connectivity index (χ0) is 26.7. The van der Waals surface area contributed by atoms with Crippen molar-refractivity contribution < 1.29 is 54.4 Å². The van der Waals surface area contributed by atoms with E-state index in [0.717, 1.165) is 32.1 Å². The largest absolute Gasteiger partial charge is 0.394 e. The Morgan fingerprint density at radius 2 is 1.39 bits per heavy atom. The number of carbonyl (C=O) groups excluding carboxylic acids is 1. The van der Waals surface area contributed by atoms with Crippen LogP contribution in [0.25, 0.3) is 0 Å². The maximum absolute atomic E-state index is 12.5. The van der Waals surface area contributed by atoms with Crippen LogP contribution in [0.5, 0.6) is 0 Å². The van der Waals surface area contributed by atoms with Gasteiger partial charge in [-0.2, -0.15) is 0 Å². The van der Waals surface area contributed by atoms with Crippen molar-refractivity contribution in [3.05, 3.63) is 0 Å². The molecule has 2 rings (SSSR count). The van der Waals surface area contributed by atoms with Gasteiger partial charge in [0.2, 0.25) is 5.91 Å². The molecular weight excluding hydrogens is 478 g/mol. The first-order valence-electron chi connectivity index (χ1n) is 13.1. The highest BCUT2D eigenvalue weighted by atomic mass is 16.7. The SMILES string of the molecule is CCCCCCCCO[C@@H]1O[C@H](CO)[C@@H](O)[C@H](O[C@@H]2O[C@H](CO)[C@H](O)[C@H](O)[C@H]2O)[C@H]1NC(=O)CCC. The second-order valence-corrected chi connectivity index (χ2v) is 9.50. The summed E-state index contributed by atoms with van der Waals surface area (Å²) in [5.74, 6) is -0.337. The van der Waals surface area contributed by atoms with Gasteiger partial charge in [-0.3, -0.25) is 4.79 Å². The number of hydrogen-bond donors (Lipinski definition) is 7. The highest BCUT2D eigenvalue weighted by Crippen LogP contribution is 2.30. The van der Waals surface area contributed by atoms with E-state index in [4.69, 9.17) is 18.9 Å². The molecule has 1 amide bonds. The van der Waals surface area contributed by atoms with E-state index in [9.17, 15) is 35.4 Å². The summed E-state index contributed by atoms with van der Waals surface area (Å²) in [5, 5.41) is 63.5. The lowest BCUT2D eigenvalue weighted by Gasteiger charge is -2.47. The number of aliphatic hydroxyl groups is 6. The number of carbonyl (C=O) groups is 1. The van der Waals surface area contributed by atoms with E-state index >= 15 is 0 Å². The molecule has 0 aliphatic carbocycles. The Labute approximate surface area is 212 Å². The van der Waals surface area contributed by atoms with E-state index in [1.807, 2.05) is 6.92 Å². The normalized spacial score (nSPS) is 37.1. The summed E-state index contributed by atoms with van der Waals surface area (Å²) in [5.41, 5.74) is 0. The van der Waals surface area contributed by atoms with Crippen LogP contribution in [0.1, 0.15) is 65.2 Å². The van der Waals surface area contributed by atoms with Crippen LogP contribution in [0.3, 0.4) is 0 Å². The summed E-state index contributed by atoms with van der Waals surface area (Å²) < 4.78 is 23.0. The monoisotopic (exact) mass is 523 g/mol. The lowest BCUT2D eigenvalue weighted by atomic mass is 9.95. The van der Waals surface area contributed by atoms with Gasteiger partial charge in [0.05, 0.1) is 13.2 Å². The van der Waals surface area contributed by atoms with Gasteiger partial charge in [0, 0.05) is 13.0 Å². The predicted octanol–water partition coefficient (Wildman–Crippen LogP) is -1.09. The van der Waals surface area contributed by atoms with Crippen molar-refractivity contribution >= 4 is 5.91 Å². The minimum atomic E-state index is -1.71. The van der Waals surface area contributed by atoms with Crippen molar-refractivity contribution in [2.24, 2.45) is 0 Å². The molecular formula is C24H45NO11. The fourth-order valence-electron chi connectivity index (χ4n) is 4.43. The summed E-state index contributed by atoms with van der Waals surface area (Å²) in [6.07, 6.45) is -5.65. The molecule has 0 unspecified atom stereocenters. The molecule has 2 aliphatic heterocycles. The van der Waals surface area contributed by atoms with Crippen molar-refractivity contribution in [2.75, 3.05) is 19.8 Å². The van der Waals surface area contributed by atoms with Gasteiger partial charge in [-0.1, -0.05) is 46.0 Å². The predicted molar refractivity (Wildman–Crippen MR) is 127 cm³/mol. The molecule has 2 saturated heterocycles. The lowest BCUT2D eigenvalue weighted by Crippen LogP contribution is -2.68. The Morgan fingerprint density at radius 3 is 2.03 bits per heavy atom. The summed E-state index contributed by atoms with van der Waals surface area (Å²) in [6.45, 7) is 3.08. The Bertz CT molecular complexity index is 625. The van der Waals surface area contributed by atoms with Gasteiger partial charge in [-0.15, -0.1) is 0 Å². The minimum Gasteiger partial charge on any atom is -0.394 e. The zero-order valence-electron chi connectivity index (χ0n) is 21.3. The molecule has 36 heavy (non-hydrogen) atoms. The van der Waals surface area contributed by atoms with Crippen LogP contribution < -0.4 is 5.32 Å². The third-order valence-electron chi connectivity index (χ3n) is 6.58. The van der Waals surface area contributed by atoms with E-state index in [2.05, 4.69) is 12.2 Å². The molecule has 0 spiro atoms. The van der Waals surface area contributed by atoms with Crippen molar-refractivity contribution in [3.8, 4) is 0 Å². The van der Waals surface area contributed by atoms with Gasteiger partial charge < -0.3 is 54.9 Å². The maximum Gasteiger partial charge on any atom is 0.220 e. The number of ether oxygens (including phenoxy) is 4. The number of unbranched alkanes of at least 4 members (excludes halogenated alkanes) is 5. The van der Waals surface area contributed by atoms with Gasteiger partial charge >= 0.3 is 0 Å². The fraction of sp³-hybridized carbons (Fsp3) is 0.958. The number of amides is 1. The molecule has 0 aromatic rings. The maximum atomic E-state index is 12.5. The third-order valence-corrected chi connectivity index (χ3v) is 6.58. The number of rotatable bonds is 15. The van der Waals surface area contributed by atoms with Crippen molar-refractivity contribution in [1.29, 1.82) is 0 Å². The van der Waals surface area contributed by atoms with E-state index in [0.29, 0.717) is 13.0 Å². The first-order valence-corrected chi connectivity index (χ1v) is 13.1. The molecule has 0 aromatic carbocycles. The first kappa shape index (κ1) is 31.3. The second kappa shape index (κ2) is 16.1. The molecule has 0 aromatic heterocycles. The molecule has 12 heteroatoms. The Balaban J connectivity index is 2.17. The van der Waals surface area contributed by atoms with E-state index in [1.54, 1.807) is 0 Å². The number of hydrogen-bond acceptors (Lipinski definition) is 11. The molecule has 0 bridgehead atoms. The summed E-state index contributed by atoms with van der Waals surface area (Å²) in [4.78, 5) is 12.5. The highest BCUT2D eigenvalue weighted by Gasteiger charge is 2.51. The van der Waals surface area contributed by atoms with Crippen LogP contribution in [0, 0.1) is 0 Å². The zero-order valence-corrected chi connectivity index (χ0v) is 21.3. The van der Waals surface area contributed by atoms with Crippen LogP contribution in [0.15, 0.2) is 0 Å². The Morgan fingerprint density at radius 1 is 0.778 bits per heavy atom. The number of aliphatic hydroxyl groups excluding tert-OH is 6. The summed E-state index contributed by atoms with van der Waals surface area (Å²) in [6, 6.07) is -1.03. The van der Waals surface area contributed by atoms with Gasteiger partial charge in [0.15, 0.2) is 12.6 Å². The lowest BCUT2D eigenvalue weighted by molar-refractivity contribution is -0.344. The molecule has 2 heterocycles.